The van der Waals surface area contributed by atoms with Crippen LogP contribution in [-0.2, 0) is 16.4 Å². The highest BCUT2D eigenvalue weighted by molar-refractivity contribution is 9.10. The molecule has 0 aromatic heterocycles. The minimum Gasteiger partial charge on any atom is -0.378 e. The molecule has 162 valence electrons. The summed E-state index contributed by atoms with van der Waals surface area (Å²) in [7, 11) is 0.405. The third-order valence-corrected chi connectivity index (χ3v) is 7.65. The molecule has 0 bridgehead atoms. The summed E-state index contributed by atoms with van der Waals surface area (Å²) in [4.78, 5) is 4.63. The Hall–Kier alpha value is -2.35. The van der Waals surface area contributed by atoms with Crippen LogP contribution in [0.15, 0.2) is 82.2 Å². The Morgan fingerprint density at radius 3 is 2.35 bits per heavy atom. The monoisotopic (exact) mass is 499 g/mol. The molecule has 0 radical (unpaired) electrons. The van der Waals surface area contributed by atoms with Crippen molar-refractivity contribution >= 4 is 37.3 Å². The van der Waals surface area contributed by atoms with Crippen molar-refractivity contribution in [3.63, 3.8) is 0 Å². The molecule has 1 unspecified atom stereocenters. The van der Waals surface area contributed by atoms with Crippen molar-refractivity contribution in [2.75, 3.05) is 37.0 Å². The van der Waals surface area contributed by atoms with Crippen molar-refractivity contribution < 1.29 is 8.42 Å². The first-order valence-corrected chi connectivity index (χ1v) is 12.5. The maximum atomic E-state index is 12.9. The number of rotatable bonds is 7. The van der Waals surface area contributed by atoms with Crippen molar-refractivity contribution in [2.24, 2.45) is 0 Å². The Balaban J connectivity index is 1.63. The number of halogens is 1. The van der Waals surface area contributed by atoms with Crippen LogP contribution in [0.5, 0.6) is 0 Å². The summed E-state index contributed by atoms with van der Waals surface area (Å²) in [6.45, 7) is 1.15. The predicted octanol–water partition coefficient (Wildman–Crippen LogP) is 4.60. The zero-order valence-electron chi connectivity index (χ0n) is 17.6. The molecule has 1 N–H and O–H groups in total. The molecular formula is C24H26BrN3O2S. The standard InChI is InChI=1S/C24H26BrN3O2S/c1-27(2)21-11-7-19(8-12-21)24(28-16-15-18-5-3-4-6-23(18)28)17-26-31(29,30)22-13-9-20(25)10-14-22/h3-14,24,26H,15-17H2,1-2H3. The maximum Gasteiger partial charge on any atom is 0.240 e. The van der Waals surface area contributed by atoms with Gasteiger partial charge in [-0.05, 0) is 60.0 Å². The van der Waals surface area contributed by atoms with Crippen LogP contribution in [-0.4, -0.2) is 35.6 Å². The minimum atomic E-state index is -3.61. The van der Waals surface area contributed by atoms with Crippen molar-refractivity contribution in [3.8, 4) is 0 Å². The van der Waals surface area contributed by atoms with Gasteiger partial charge in [0.2, 0.25) is 10.0 Å². The van der Waals surface area contributed by atoms with Crippen LogP contribution < -0.4 is 14.5 Å². The van der Waals surface area contributed by atoms with Gasteiger partial charge in [0.05, 0.1) is 10.9 Å². The fourth-order valence-electron chi connectivity index (χ4n) is 3.98. The third kappa shape index (κ3) is 4.79. The van der Waals surface area contributed by atoms with Gasteiger partial charge in [0, 0.05) is 43.0 Å². The van der Waals surface area contributed by atoms with E-state index in [1.807, 2.05) is 20.2 Å². The average molecular weight is 500 g/mol. The summed E-state index contributed by atoms with van der Waals surface area (Å²) in [5.74, 6) is 0. The third-order valence-electron chi connectivity index (χ3n) is 5.68. The number of para-hydroxylation sites is 1. The van der Waals surface area contributed by atoms with E-state index in [1.165, 1.54) is 11.3 Å². The van der Waals surface area contributed by atoms with Crippen molar-refractivity contribution in [1.29, 1.82) is 0 Å². The summed E-state index contributed by atoms with van der Waals surface area (Å²) in [6.07, 6.45) is 0.960. The summed E-state index contributed by atoms with van der Waals surface area (Å²) < 4.78 is 29.6. The zero-order chi connectivity index (χ0) is 22.0. The number of hydrogen-bond acceptors (Lipinski definition) is 4. The summed E-state index contributed by atoms with van der Waals surface area (Å²) in [5, 5.41) is 0. The highest BCUT2D eigenvalue weighted by Gasteiger charge is 2.28. The van der Waals surface area contributed by atoms with E-state index in [-0.39, 0.29) is 17.5 Å². The normalized spacial score (nSPS) is 14.4. The summed E-state index contributed by atoms with van der Waals surface area (Å²) in [6, 6.07) is 23.3. The summed E-state index contributed by atoms with van der Waals surface area (Å²) >= 11 is 3.36. The van der Waals surface area contributed by atoms with Crippen molar-refractivity contribution in [2.45, 2.75) is 17.4 Å². The second kappa shape index (κ2) is 9.02. The minimum absolute atomic E-state index is 0.106. The largest absolute Gasteiger partial charge is 0.378 e. The average Bonchev–Trinajstić information content (AvgIpc) is 3.18. The first-order chi connectivity index (χ1) is 14.8. The molecule has 31 heavy (non-hydrogen) atoms. The molecule has 4 rings (SSSR count). The van der Waals surface area contributed by atoms with Crippen LogP contribution in [0.3, 0.4) is 0 Å². The van der Waals surface area contributed by atoms with Crippen molar-refractivity contribution in [1.82, 2.24) is 4.72 Å². The lowest BCUT2D eigenvalue weighted by atomic mass is 10.0. The van der Waals surface area contributed by atoms with Gasteiger partial charge >= 0.3 is 0 Å². The van der Waals surface area contributed by atoms with E-state index in [9.17, 15) is 8.42 Å². The lowest BCUT2D eigenvalue weighted by molar-refractivity contribution is 0.563. The van der Waals surface area contributed by atoms with Gasteiger partial charge in [0.15, 0.2) is 0 Å². The molecule has 1 atom stereocenters. The van der Waals surface area contributed by atoms with Gasteiger partial charge in [0.1, 0.15) is 0 Å². The molecule has 5 nitrogen and oxygen atoms in total. The number of sulfonamides is 1. The van der Waals surface area contributed by atoms with E-state index < -0.39 is 10.0 Å². The second-order valence-electron chi connectivity index (χ2n) is 7.88. The SMILES string of the molecule is CN(C)c1ccc(C(CNS(=O)(=O)c2ccc(Br)cc2)N2CCc3ccccc32)cc1. The van der Waals surface area contributed by atoms with Crippen LogP contribution in [0.25, 0.3) is 0 Å². The van der Waals surface area contributed by atoms with E-state index in [0.29, 0.717) is 0 Å². The molecule has 1 aliphatic heterocycles. The maximum absolute atomic E-state index is 12.9. The van der Waals surface area contributed by atoms with Crippen LogP contribution in [0.1, 0.15) is 17.2 Å². The van der Waals surface area contributed by atoms with Crippen LogP contribution in [0, 0.1) is 0 Å². The van der Waals surface area contributed by atoms with Gasteiger partial charge < -0.3 is 9.80 Å². The fraction of sp³-hybridized carbons (Fsp3) is 0.250. The number of nitrogens with zero attached hydrogens (tertiary/aromatic N) is 2. The lowest BCUT2D eigenvalue weighted by Crippen LogP contribution is -2.37. The second-order valence-corrected chi connectivity index (χ2v) is 10.6. The van der Waals surface area contributed by atoms with Gasteiger partial charge in [-0.25, -0.2) is 13.1 Å². The van der Waals surface area contributed by atoms with Crippen molar-refractivity contribution in [3.05, 3.63) is 88.4 Å². The van der Waals surface area contributed by atoms with Gasteiger partial charge in [-0.15, -0.1) is 0 Å². The van der Waals surface area contributed by atoms with E-state index in [1.54, 1.807) is 24.3 Å². The molecule has 3 aromatic carbocycles. The molecule has 1 aliphatic rings. The lowest BCUT2D eigenvalue weighted by Gasteiger charge is -2.31. The van der Waals surface area contributed by atoms with Crippen LogP contribution in [0.4, 0.5) is 11.4 Å². The molecule has 0 spiro atoms. The van der Waals surface area contributed by atoms with E-state index in [4.69, 9.17) is 0 Å². The van der Waals surface area contributed by atoms with E-state index in [2.05, 4.69) is 72.9 Å². The fourth-order valence-corrected chi connectivity index (χ4v) is 5.28. The highest BCUT2D eigenvalue weighted by atomic mass is 79.9. The Kier molecular flexibility index (Phi) is 6.36. The Bertz CT molecular complexity index is 1150. The number of fused-ring (bicyclic) bond motifs is 1. The zero-order valence-corrected chi connectivity index (χ0v) is 20.0. The summed E-state index contributed by atoms with van der Waals surface area (Å²) in [5.41, 5.74) is 4.67. The van der Waals surface area contributed by atoms with Gasteiger partial charge in [-0.1, -0.05) is 46.3 Å². The van der Waals surface area contributed by atoms with Crippen LogP contribution >= 0.6 is 15.9 Å². The Morgan fingerprint density at radius 1 is 1.00 bits per heavy atom. The molecule has 7 heteroatoms. The smallest absolute Gasteiger partial charge is 0.240 e. The van der Waals surface area contributed by atoms with Gasteiger partial charge in [-0.3, -0.25) is 0 Å². The molecule has 3 aromatic rings. The Morgan fingerprint density at radius 2 is 1.68 bits per heavy atom. The van der Waals surface area contributed by atoms with Gasteiger partial charge in [0.25, 0.3) is 0 Å². The van der Waals surface area contributed by atoms with E-state index >= 15 is 0 Å². The molecule has 0 aliphatic carbocycles. The number of hydrogen-bond donors (Lipinski definition) is 1. The topological polar surface area (TPSA) is 52.7 Å². The number of nitrogens with one attached hydrogen (secondary N) is 1. The predicted molar refractivity (Wildman–Crippen MR) is 130 cm³/mol. The first-order valence-electron chi connectivity index (χ1n) is 10.2. The molecule has 0 fully saturated rings. The molecule has 1 heterocycles. The Labute approximate surface area is 192 Å². The quantitative estimate of drug-likeness (QED) is 0.516. The molecule has 0 amide bonds. The first kappa shape index (κ1) is 21.9. The number of benzene rings is 3. The van der Waals surface area contributed by atoms with E-state index in [0.717, 1.165) is 28.7 Å². The number of anilines is 2. The van der Waals surface area contributed by atoms with Crippen LogP contribution in [0.2, 0.25) is 0 Å². The molecule has 0 saturated carbocycles. The highest BCUT2D eigenvalue weighted by Crippen LogP contribution is 2.35. The molecular weight excluding hydrogens is 474 g/mol. The molecule has 0 saturated heterocycles. The van der Waals surface area contributed by atoms with Gasteiger partial charge in [-0.2, -0.15) is 0 Å².